The number of benzene rings is 2. The maximum atomic E-state index is 12.3. The van der Waals surface area contributed by atoms with Crippen molar-refractivity contribution in [1.29, 1.82) is 0 Å². The summed E-state index contributed by atoms with van der Waals surface area (Å²) >= 11 is 0. The molecule has 26 heavy (non-hydrogen) atoms. The maximum absolute atomic E-state index is 12.3. The third-order valence-corrected chi connectivity index (χ3v) is 4.04. The Morgan fingerprint density at radius 2 is 1.69 bits per heavy atom. The van der Waals surface area contributed by atoms with E-state index >= 15 is 0 Å². The lowest BCUT2D eigenvalue weighted by Gasteiger charge is -2.12. The Morgan fingerprint density at radius 1 is 1.04 bits per heavy atom. The number of hydrogen-bond acceptors (Lipinski definition) is 4. The number of anilines is 2. The molecular formula is C20H22N2O4. The Balaban J connectivity index is 1.53. The van der Waals surface area contributed by atoms with Gasteiger partial charge in [0.2, 0.25) is 5.91 Å². The minimum atomic E-state index is -0.206. The molecule has 0 saturated carbocycles. The molecular weight excluding hydrogens is 332 g/mol. The third kappa shape index (κ3) is 5.07. The molecule has 3 rings (SSSR count). The van der Waals surface area contributed by atoms with Crippen LogP contribution in [-0.4, -0.2) is 31.1 Å². The van der Waals surface area contributed by atoms with E-state index in [1.54, 1.807) is 48.5 Å². The summed E-state index contributed by atoms with van der Waals surface area (Å²) in [7, 11) is 0. The van der Waals surface area contributed by atoms with Crippen LogP contribution < -0.4 is 15.4 Å². The number of rotatable bonds is 6. The zero-order valence-corrected chi connectivity index (χ0v) is 14.7. The molecule has 1 heterocycles. The van der Waals surface area contributed by atoms with Crippen molar-refractivity contribution in [3.63, 3.8) is 0 Å². The van der Waals surface area contributed by atoms with Crippen molar-refractivity contribution in [2.45, 2.75) is 25.9 Å². The van der Waals surface area contributed by atoms with E-state index in [0.717, 1.165) is 25.2 Å². The maximum Gasteiger partial charge on any atom is 0.255 e. The Labute approximate surface area is 152 Å². The second kappa shape index (κ2) is 8.49. The van der Waals surface area contributed by atoms with E-state index in [-0.39, 0.29) is 17.9 Å². The smallest absolute Gasteiger partial charge is 0.255 e. The quantitative estimate of drug-likeness (QED) is 0.833. The number of amides is 2. The van der Waals surface area contributed by atoms with Gasteiger partial charge in [-0.3, -0.25) is 9.59 Å². The van der Waals surface area contributed by atoms with Gasteiger partial charge in [0.15, 0.2) is 0 Å². The van der Waals surface area contributed by atoms with Gasteiger partial charge in [-0.2, -0.15) is 0 Å². The second-order valence-electron chi connectivity index (χ2n) is 6.18. The Kier molecular flexibility index (Phi) is 5.86. The van der Waals surface area contributed by atoms with Crippen molar-refractivity contribution < 1.29 is 19.1 Å². The highest BCUT2D eigenvalue weighted by molar-refractivity contribution is 6.04. The van der Waals surface area contributed by atoms with E-state index < -0.39 is 0 Å². The summed E-state index contributed by atoms with van der Waals surface area (Å²) in [6.45, 7) is 2.79. The molecule has 1 saturated heterocycles. The molecule has 136 valence electrons. The minimum absolute atomic E-state index is 0.136. The van der Waals surface area contributed by atoms with Crippen molar-refractivity contribution in [2.24, 2.45) is 0 Å². The van der Waals surface area contributed by atoms with E-state index in [4.69, 9.17) is 9.47 Å². The highest BCUT2D eigenvalue weighted by Gasteiger charge is 2.16. The first-order chi connectivity index (χ1) is 12.6. The highest BCUT2D eigenvalue weighted by Crippen LogP contribution is 2.18. The summed E-state index contributed by atoms with van der Waals surface area (Å²) in [4.78, 5) is 23.3. The summed E-state index contributed by atoms with van der Waals surface area (Å²) in [5.41, 5.74) is 1.88. The van der Waals surface area contributed by atoms with Crippen LogP contribution in [0.1, 0.15) is 30.1 Å². The SMILES string of the molecule is CC(=O)Nc1ccc(NC(=O)c2ccc(OCC3CCCO3)cc2)cc1. The number of carbonyl (C=O) groups excluding carboxylic acids is 2. The largest absolute Gasteiger partial charge is 0.491 e. The summed E-state index contributed by atoms with van der Waals surface area (Å²) < 4.78 is 11.2. The van der Waals surface area contributed by atoms with Gasteiger partial charge in [0.05, 0.1) is 6.10 Å². The first-order valence-corrected chi connectivity index (χ1v) is 8.63. The fourth-order valence-electron chi connectivity index (χ4n) is 2.71. The van der Waals surface area contributed by atoms with Gasteiger partial charge in [0.1, 0.15) is 12.4 Å². The predicted molar refractivity (Wildman–Crippen MR) is 99.6 cm³/mol. The van der Waals surface area contributed by atoms with Gasteiger partial charge < -0.3 is 20.1 Å². The van der Waals surface area contributed by atoms with Gasteiger partial charge in [0, 0.05) is 30.5 Å². The molecule has 2 aromatic carbocycles. The Bertz CT molecular complexity index is 750. The van der Waals surface area contributed by atoms with Gasteiger partial charge >= 0.3 is 0 Å². The van der Waals surface area contributed by atoms with Crippen LogP contribution in [0.4, 0.5) is 11.4 Å². The van der Waals surface area contributed by atoms with Gasteiger partial charge in [-0.25, -0.2) is 0 Å². The molecule has 2 N–H and O–H groups in total. The Morgan fingerprint density at radius 3 is 2.27 bits per heavy atom. The standard InChI is InChI=1S/C20H22N2O4/c1-14(23)21-16-6-8-17(9-7-16)22-20(24)15-4-10-18(11-5-15)26-13-19-3-2-12-25-19/h4-11,19H,2-3,12-13H2,1H3,(H,21,23)(H,22,24). The topological polar surface area (TPSA) is 76.7 Å². The molecule has 0 aromatic heterocycles. The van der Waals surface area contributed by atoms with Crippen molar-refractivity contribution in [3.8, 4) is 5.75 Å². The van der Waals surface area contributed by atoms with Gasteiger partial charge in [-0.05, 0) is 61.4 Å². The fraction of sp³-hybridized carbons (Fsp3) is 0.300. The van der Waals surface area contributed by atoms with Crippen molar-refractivity contribution in [1.82, 2.24) is 0 Å². The predicted octanol–water partition coefficient (Wildman–Crippen LogP) is 3.46. The van der Waals surface area contributed by atoms with Crippen molar-refractivity contribution in [3.05, 3.63) is 54.1 Å². The lowest BCUT2D eigenvalue weighted by atomic mass is 10.2. The van der Waals surface area contributed by atoms with Crippen molar-refractivity contribution >= 4 is 23.2 Å². The monoisotopic (exact) mass is 354 g/mol. The average Bonchev–Trinajstić information content (AvgIpc) is 3.15. The third-order valence-electron chi connectivity index (χ3n) is 4.04. The van der Waals surface area contributed by atoms with Crippen LogP contribution in [0.15, 0.2) is 48.5 Å². The molecule has 2 aromatic rings. The van der Waals surface area contributed by atoms with Gasteiger partial charge in [-0.15, -0.1) is 0 Å². The van der Waals surface area contributed by atoms with Gasteiger partial charge in [-0.1, -0.05) is 0 Å². The number of ether oxygens (including phenoxy) is 2. The first kappa shape index (κ1) is 17.9. The zero-order chi connectivity index (χ0) is 18.4. The van der Waals surface area contributed by atoms with E-state index in [0.29, 0.717) is 23.5 Å². The number of nitrogens with one attached hydrogen (secondary N) is 2. The fourth-order valence-corrected chi connectivity index (χ4v) is 2.71. The molecule has 0 spiro atoms. The van der Waals surface area contributed by atoms with Crippen LogP contribution in [0.3, 0.4) is 0 Å². The molecule has 6 nitrogen and oxygen atoms in total. The van der Waals surface area contributed by atoms with Crippen LogP contribution >= 0.6 is 0 Å². The number of hydrogen-bond donors (Lipinski definition) is 2. The summed E-state index contributed by atoms with van der Waals surface area (Å²) in [5, 5.41) is 5.50. The first-order valence-electron chi connectivity index (χ1n) is 8.63. The minimum Gasteiger partial charge on any atom is -0.491 e. The zero-order valence-electron chi connectivity index (χ0n) is 14.7. The van der Waals surface area contributed by atoms with E-state index in [9.17, 15) is 9.59 Å². The van der Waals surface area contributed by atoms with Crippen LogP contribution in [0.5, 0.6) is 5.75 Å². The van der Waals surface area contributed by atoms with E-state index in [2.05, 4.69) is 10.6 Å². The Hall–Kier alpha value is -2.86. The molecule has 6 heteroatoms. The molecule has 0 bridgehead atoms. The molecule has 0 radical (unpaired) electrons. The normalized spacial score (nSPS) is 16.1. The molecule has 1 aliphatic rings. The van der Waals surface area contributed by atoms with Crippen LogP contribution in [0, 0.1) is 0 Å². The van der Waals surface area contributed by atoms with Crippen LogP contribution in [0.25, 0.3) is 0 Å². The average molecular weight is 354 g/mol. The van der Waals surface area contributed by atoms with E-state index in [1.807, 2.05) is 0 Å². The molecule has 0 aliphatic carbocycles. The number of carbonyl (C=O) groups is 2. The summed E-state index contributed by atoms with van der Waals surface area (Å²) in [6.07, 6.45) is 2.28. The molecule has 1 aliphatic heterocycles. The summed E-state index contributed by atoms with van der Waals surface area (Å²) in [6, 6.07) is 14.0. The second-order valence-corrected chi connectivity index (χ2v) is 6.18. The van der Waals surface area contributed by atoms with Crippen LogP contribution in [-0.2, 0) is 9.53 Å². The van der Waals surface area contributed by atoms with Crippen molar-refractivity contribution in [2.75, 3.05) is 23.8 Å². The summed E-state index contributed by atoms with van der Waals surface area (Å²) in [5.74, 6) is 0.378. The molecule has 2 amide bonds. The molecule has 1 unspecified atom stereocenters. The highest BCUT2D eigenvalue weighted by atomic mass is 16.5. The lowest BCUT2D eigenvalue weighted by Crippen LogP contribution is -2.16. The molecule has 1 atom stereocenters. The molecule has 1 fully saturated rings. The van der Waals surface area contributed by atoms with E-state index in [1.165, 1.54) is 6.92 Å². The van der Waals surface area contributed by atoms with Gasteiger partial charge in [0.25, 0.3) is 5.91 Å². The lowest BCUT2D eigenvalue weighted by molar-refractivity contribution is -0.114. The van der Waals surface area contributed by atoms with Crippen LogP contribution in [0.2, 0.25) is 0 Å².